The van der Waals surface area contributed by atoms with Gasteiger partial charge in [-0.3, -0.25) is 0 Å². The predicted octanol–water partition coefficient (Wildman–Crippen LogP) is 4.08. The summed E-state index contributed by atoms with van der Waals surface area (Å²) in [5.74, 6) is 0. The lowest BCUT2D eigenvalue weighted by molar-refractivity contribution is 1.08. The van der Waals surface area contributed by atoms with Gasteiger partial charge in [0.1, 0.15) is 0 Å². The zero-order chi connectivity index (χ0) is 13.5. The maximum Gasteiger partial charge on any atom is 0.0340 e. The van der Waals surface area contributed by atoms with Crippen LogP contribution in [0.2, 0.25) is 0 Å². The van der Waals surface area contributed by atoms with Gasteiger partial charge in [-0.25, -0.2) is 0 Å². The van der Waals surface area contributed by atoms with Gasteiger partial charge in [0.2, 0.25) is 0 Å². The Hall–Kier alpha value is -1.96. The number of hydrogen-bond donors (Lipinski definition) is 2. The molecule has 0 spiro atoms. The van der Waals surface area contributed by atoms with E-state index in [0.29, 0.717) is 0 Å². The summed E-state index contributed by atoms with van der Waals surface area (Å²) in [6.07, 6.45) is 1.09. The Morgan fingerprint density at radius 2 is 1.21 bits per heavy atom. The van der Waals surface area contributed by atoms with Crippen molar-refractivity contribution in [3.63, 3.8) is 0 Å². The fraction of sp³-hybridized carbons (Fsp3) is 0.294. The van der Waals surface area contributed by atoms with Crippen molar-refractivity contribution in [2.75, 3.05) is 23.7 Å². The highest BCUT2D eigenvalue weighted by molar-refractivity contribution is 5.46. The molecular formula is C17H22N2. The molecular weight excluding hydrogens is 232 g/mol. The molecule has 2 heteroatoms. The van der Waals surface area contributed by atoms with Crippen molar-refractivity contribution >= 4 is 11.4 Å². The van der Waals surface area contributed by atoms with Crippen molar-refractivity contribution < 1.29 is 0 Å². The standard InChI is InChI=1S/C17H22N2/c1-3-15-6-10-17(11-7-15)19-13-12-18-16-8-4-14(2)5-9-16/h4-11,18-19H,3,12-13H2,1-2H3. The van der Waals surface area contributed by atoms with Crippen LogP contribution < -0.4 is 10.6 Å². The van der Waals surface area contributed by atoms with Gasteiger partial charge < -0.3 is 10.6 Å². The Morgan fingerprint density at radius 1 is 0.737 bits per heavy atom. The summed E-state index contributed by atoms with van der Waals surface area (Å²) in [6.45, 7) is 6.11. The number of anilines is 2. The van der Waals surface area contributed by atoms with Gasteiger partial charge in [0.25, 0.3) is 0 Å². The molecule has 0 bridgehead atoms. The Kier molecular flexibility index (Phi) is 4.85. The van der Waals surface area contributed by atoms with E-state index >= 15 is 0 Å². The van der Waals surface area contributed by atoms with Gasteiger partial charge in [0, 0.05) is 24.5 Å². The van der Waals surface area contributed by atoms with E-state index in [-0.39, 0.29) is 0 Å². The topological polar surface area (TPSA) is 24.1 Å². The second-order valence-corrected chi connectivity index (χ2v) is 4.77. The lowest BCUT2D eigenvalue weighted by Crippen LogP contribution is -2.13. The zero-order valence-corrected chi connectivity index (χ0v) is 11.7. The van der Waals surface area contributed by atoms with Crippen LogP contribution in [0.3, 0.4) is 0 Å². The van der Waals surface area contributed by atoms with E-state index in [2.05, 4.69) is 73.0 Å². The van der Waals surface area contributed by atoms with Gasteiger partial charge in [-0.1, -0.05) is 36.8 Å². The van der Waals surface area contributed by atoms with Gasteiger partial charge in [-0.05, 0) is 43.2 Å². The Labute approximate surface area is 115 Å². The van der Waals surface area contributed by atoms with Crippen LogP contribution in [-0.4, -0.2) is 13.1 Å². The molecule has 0 aromatic heterocycles. The highest BCUT2D eigenvalue weighted by Gasteiger charge is 1.93. The molecule has 0 radical (unpaired) electrons. The van der Waals surface area contributed by atoms with Crippen molar-refractivity contribution in [3.05, 3.63) is 59.7 Å². The molecule has 0 heterocycles. The summed E-state index contributed by atoms with van der Waals surface area (Å²) in [5, 5.41) is 6.82. The quantitative estimate of drug-likeness (QED) is 0.759. The van der Waals surface area contributed by atoms with Crippen molar-refractivity contribution in [3.8, 4) is 0 Å². The maximum atomic E-state index is 3.42. The SMILES string of the molecule is CCc1ccc(NCCNc2ccc(C)cc2)cc1. The molecule has 0 atom stereocenters. The minimum Gasteiger partial charge on any atom is -0.383 e. The first-order chi connectivity index (χ1) is 9.28. The molecule has 2 nitrogen and oxygen atoms in total. The average Bonchev–Trinajstić information content (AvgIpc) is 2.46. The van der Waals surface area contributed by atoms with Crippen LogP contribution >= 0.6 is 0 Å². The van der Waals surface area contributed by atoms with E-state index in [1.165, 1.54) is 22.5 Å². The largest absolute Gasteiger partial charge is 0.383 e. The summed E-state index contributed by atoms with van der Waals surface area (Å²) in [6, 6.07) is 17.1. The Balaban J connectivity index is 1.72. The van der Waals surface area contributed by atoms with Gasteiger partial charge in [0.05, 0.1) is 0 Å². The molecule has 0 fully saturated rings. The second kappa shape index (κ2) is 6.83. The van der Waals surface area contributed by atoms with E-state index in [0.717, 1.165) is 19.5 Å². The molecule has 0 saturated carbocycles. The third kappa shape index (κ3) is 4.32. The van der Waals surface area contributed by atoms with Gasteiger partial charge >= 0.3 is 0 Å². The first kappa shape index (κ1) is 13.5. The van der Waals surface area contributed by atoms with Gasteiger partial charge in [-0.2, -0.15) is 0 Å². The number of nitrogens with one attached hydrogen (secondary N) is 2. The molecule has 100 valence electrons. The normalized spacial score (nSPS) is 10.2. The molecule has 2 aromatic carbocycles. The van der Waals surface area contributed by atoms with Crippen LogP contribution in [0.15, 0.2) is 48.5 Å². The Morgan fingerprint density at radius 3 is 1.68 bits per heavy atom. The molecule has 0 amide bonds. The second-order valence-electron chi connectivity index (χ2n) is 4.77. The van der Waals surface area contributed by atoms with Crippen LogP contribution in [0.5, 0.6) is 0 Å². The number of benzene rings is 2. The van der Waals surface area contributed by atoms with Crippen molar-refractivity contribution in [2.24, 2.45) is 0 Å². The van der Waals surface area contributed by atoms with Crippen LogP contribution in [-0.2, 0) is 6.42 Å². The maximum absolute atomic E-state index is 3.42. The average molecular weight is 254 g/mol. The summed E-state index contributed by atoms with van der Waals surface area (Å²) in [5.41, 5.74) is 5.03. The number of aryl methyl sites for hydroxylation is 2. The van der Waals surface area contributed by atoms with E-state index in [1.54, 1.807) is 0 Å². The lowest BCUT2D eigenvalue weighted by Gasteiger charge is -2.09. The van der Waals surface area contributed by atoms with E-state index in [1.807, 2.05) is 0 Å². The van der Waals surface area contributed by atoms with Crippen LogP contribution in [0.1, 0.15) is 18.1 Å². The molecule has 0 aliphatic carbocycles. The minimum absolute atomic E-state index is 0.915. The number of hydrogen-bond acceptors (Lipinski definition) is 2. The van der Waals surface area contributed by atoms with E-state index in [4.69, 9.17) is 0 Å². The molecule has 0 saturated heterocycles. The molecule has 2 N–H and O–H groups in total. The van der Waals surface area contributed by atoms with Gasteiger partial charge in [-0.15, -0.1) is 0 Å². The predicted molar refractivity (Wildman–Crippen MR) is 84.0 cm³/mol. The highest BCUT2D eigenvalue weighted by atomic mass is 14.9. The third-order valence-corrected chi connectivity index (χ3v) is 3.20. The van der Waals surface area contributed by atoms with Crippen LogP contribution in [0, 0.1) is 6.92 Å². The first-order valence-electron chi connectivity index (χ1n) is 6.91. The molecule has 2 aromatic rings. The van der Waals surface area contributed by atoms with Crippen molar-refractivity contribution in [1.82, 2.24) is 0 Å². The van der Waals surface area contributed by atoms with E-state index in [9.17, 15) is 0 Å². The lowest BCUT2D eigenvalue weighted by atomic mass is 10.1. The van der Waals surface area contributed by atoms with Crippen LogP contribution in [0.25, 0.3) is 0 Å². The molecule has 0 aliphatic heterocycles. The minimum atomic E-state index is 0.915. The monoisotopic (exact) mass is 254 g/mol. The summed E-state index contributed by atoms with van der Waals surface area (Å²) < 4.78 is 0. The highest BCUT2D eigenvalue weighted by Crippen LogP contribution is 2.10. The third-order valence-electron chi connectivity index (χ3n) is 3.20. The van der Waals surface area contributed by atoms with Crippen molar-refractivity contribution in [2.45, 2.75) is 20.3 Å². The molecule has 0 unspecified atom stereocenters. The molecule has 2 rings (SSSR count). The smallest absolute Gasteiger partial charge is 0.0340 e. The zero-order valence-electron chi connectivity index (χ0n) is 11.7. The first-order valence-corrected chi connectivity index (χ1v) is 6.91. The Bertz CT molecular complexity index is 486. The van der Waals surface area contributed by atoms with Gasteiger partial charge in [0.15, 0.2) is 0 Å². The molecule has 19 heavy (non-hydrogen) atoms. The van der Waals surface area contributed by atoms with Crippen molar-refractivity contribution in [1.29, 1.82) is 0 Å². The summed E-state index contributed by atoms with van der Waals surface area (Å²) >= 11 is 0. The summed E-state index contributed by atoms with van der Waals surface area (Å²) in [7, 11) is 0. The fourth-order valence-corrected chi connectivity index (χ4v) is 1.94. The summed E-state index contributed by atoms with van der Waals surface area (Å²) in [4.78, 5) is 0. The molecule has 0 aliphatic rings. The van der Waals surface area contributed by atoms with E-state index < -0.39 is 0 Å². The van der Waals surface area contributed by atoms with Crippen LogP contribution in [0.4, 0.5) is 11.4 Å². The fourth-order valence-electron chi connectivity index (χ4n) is 1.94. The number of rotatable bonds is 6.